The van der Waals surface area contributed by atoms with E-state index in [0.717, 1.165) is 0 Å². The van der Waals surface area contributed by atoms with Crippen LogP contribution in [0.2, 0.25) is 0 Å². The number of nitrogens with zero attached hydrogens (tertiary/aromatic N) is 1. The number of halogens is 1. The van der Waals surface area contributed by atoms with Crippen molar-refractivity contribution in [1.82, 2.24) is 4.98 Å². The molecule has 1 aromatic rings. The molecular formula is C8H10FN3O. The molecule has 0 unspecified atom stereocenters. The van der Waals surface area contributed by atoms with Gasteiger partial charge in [-0.2, -0.15) is 0 Å². The number of H-pyrrole nitrogens is 1. The number of hydrogen-bond donors (Lipinski definition) is 3. The Balaban J connectivity index is 2.93. The van der Waals surface area contributed by atoms with Crippen molar-refractivity contribution >= 4 is 17.9 Å². The molecule has 1 rings (SSSR count). The SMILES string of the molecule is CN=CC=C(F)c1cc[nH]c1NO. The van der Waals surface area contributed by atoms with Crippen molar-refractivity contribution in [3.05, 3.63) is 23.9 Å². The maximum absolute atomic E-state index is 13.2. The van der Waals surface area contributed by atoms with Crippen LogP contribution in [0.5, 0.6) is 0 Å². The molecule has 0 atom stereocenters. The van der Waals surface area contributed by atoms with E-state index in [2.05, 4.69) is 9.98 Å². The fraction of sp³-hybridized carbons (Fsp3) is 0.125. The number of aromatic amines is 1. The minimum Gasteiger partial charge on any atom is -0.346 e. The van der Waals surface area contributed by atoms with Gasteiger partial charge in [-0.1, -0.05) is 0 Å². The lowest BCUT2D eigenvalue weighted by atomic mass is 10.2. The first-order chi connectivity index (χ1) is 6.29. The average Bonchev–Trinajstić information content (AvgIpc) is 2.61. The molecule has 0 amide bonds. The molecule has 0 radical (unpaired) electrons. The first kappa shape index (κ1) is 9.47. The van der Waals surface area contributed by atoms with E-state index >= 15 is 0 Å². The van der Waals surface area contributed by atoms with Gasteiger partial charge in [0.2, 0.25) is 0 Å². The van der Waals surface area contributed by atoms with Crippen LogP contribution in [-0.4, -0.2) is 23.5 Å². The maximum atomic E-state index is 13.2. The van der Waals surface area contributed by atoms with E-state index < -0.39 is 5.83 Å². The van der Waals surface area contributed by atoms with Gasteiger partial charge in [-0.15, -0.1) is 0 Å². The van der Waals surface area contributed by atoms with E-state index in [9.17, 15) is 4.39 Å². The summed E-state index contributed by atoms with van der Waals surface area (Å²) in [5.74, 6) is -0.248. The summed E-state index contributed by atoms with van der Waals surface area (Å²) in [6, 6.07) is 1.51. The van der Waals surface area contributed by atoms with Gasteiger partial charge >= 0.3 is 0 Å². The molecule has 0 aromatic carbocycles. The highest BCUT2D eigenvalue weighted by molar-refractivity contribution is 5.84. The smallest absolute Gasteiger partial charge is 0.137 e. The number of hydrogen-bond acceptors (Lipinski definition) is 3. The van der Waals surface area contributed by atoms with Gasteiger partial charge in [0, 0.05) is 19.5 Å². The fourth-order valence-corrected chi connectivity index (χ4v) is 0.891. The number of allylic oxidation sites excluding steroid dienone is 1. The molecule has 0 bridgehead atoms. The predicted molar refractivity (Wildman–Crippen MR) is 49.7 cm³/mol. The third-order valence-electron chi connectivity index (χ3n) is 1.49. The number of aliphatic imine (C=N–C) groups is 1. The monoisotopic (exact) mass is 183 g/mol. The van der Waals surface area contributed by atoms with Crippen LogP contribution in [0.15, 0.2) is 23.3 Å². The van der Waals surface area contributed by atoms with E-state index in [0.29, 0.717) is 0 Å². The normalized spacial score (nSPS) is 12.4. The standard InChI is InChI=1S/C8H10FN3O/c1-10-4-3-7(9)6-2-5-11-8(6)12-13/h2-5,11-13H,1H3. The van der Waals surface area contributed by atoms with E-state index in [4.69, 9.17) is 5.21 Å². The summed E-state index contributed by atoms with van der Waals surface area (Å²) in [5, 5.41) is 8.57. The van der Waals surface area contributed by atoms with Crippen LogP contribution in [0.4, 0.5) is 10.2 Å². The number of rotatable bonds is 3. The van der Waals surface area contributed by atoms with Crippen molar-refractivity contribution in [2.45, 2.75) is 0 Å². The Morgan fingerprint density at radius 1 is 1.77 bits per heavy atom. The van der Waals surface area contributed by atoms with Crippen molar-refractivity contribution in [1.29, 1.82) is 0 Å². The lowest BCUT2D eigenvalue weighted by Crippen LogP contribution is -1.92. The Kier molecular flexibility index (Phi) is 3.22. The van der Waals surface area contributed by atoms with Crippen molar-refractivity contribution in [3.63, 3.8) is 0 Å². The summed E-state index contributed by atoms with van der Waals surface area (Å²) in [7, 11) is 1.55. The molecule has 0 fully saturated rings. The predicted octanol–water partition coefficient (Wildman–Crippen LogP) is 1.83. The zero-order chi connectivity index (χ0) is 9.68. The molecule has 0 saturated heterocycles. The molecule has 13 heavy (non-hydrogen) atoms. The summed E-state index contributed by atoms with van der Waals surface area (Å²) in [5.41, 5.74) is 2.12. The van der Waals surface area contributed by atoms with Crippen LogP contribution in [0.1, 0.15) is 5.56 Å². The Morgan fingerprint density at radius 2 is 2.54 bits per heavy atom. The zero-order valence-corrected chi connectivity index (χ0v) is 7.08. The first-order valence-corrected chi connectivity index (χ1v) is 3.65. The molecule has 0 aliphatic carbocycles. The van der Waals surface area contributed by atoms with Crippen molar-refractivity contribution in [2.24, 2.45) is 4.99 Å². The highest BCUT2D eigenvalue weighted by atomic mass is 19.1. The number of nitrogens with one attached hydrogen (secondary N) is 2. The minimum atomic E-state index is -0.469. The van der Waals surface area contributed by atoms with Gasteiger partial charge < -0.3 is 4.98 Å². The van der Waals surface area contributed by atoms with Crippen LogP contribution in [0.25, 0.3) is 5.83 Å². The first-order valence-electron chi connectivity index (χ1n) is 3.65. The molecule has 1 aromatic heterocycles. The summed E-state index contributed by atoms with van der Waals surface area (Å²) in [6.45, 7) is 0. The Bertz CT molecular complexity index is 330. The molecular weight excluding hydrogens is 173 g/mol. The van der Waals surface area contributed by atoms with Gasteiger partial charge in [0.1, 0.15) is 11.6 Å². The van der Waals surface area contributed by atoms with Crippen LogP contribution < -0.4 is 5.48 Å². The minimum absolute atomic E-state index is 0.221. The maximum Gasteiger partial charge on any atom is 0.137 e. The van der Waals surface area contributed by atoms with E-state index in [1.807, 2.05) is 5.48 Å². The second-order valence-electron chi connectivity index (χ2n) is 2.30. The van der Waals surface area contributed by atoms with Crippen molar-refractivity contribution < 1.29 is 9.60 Å². The van der Waals surface area contributed by atoms with Gasteiger partial charge in [0.15, 0.2) is 0 Å². The van der Waals surface area contributed by atoms with Crippen LogP contribution in [0, 0.1) is 0 Å². The lowest BCUT2D eigenvalue weighted by Gasteiger charge is -1.97. The van der Waals surface area contributed by atoms with Crippen molar-refractivity contribution in [2.75, 3.05) is 12.5 Å². The summed E-state index contributed by atoms with van der Waals surface area (Å²) < 4.78 is 13.2. The number of anilines is 1. The van der Waals surface area contributed by atoms with E-state index in [-0.39, 0.29) is 11.4 Å². The molecule has 3 N–H and O–H groups in total. The van der Waals surface area contributed by atoms with Gasteiger partial charge in [0.05, 0.1) is 5.56 Å². The third kappa shape index (κ3) is 2.16. The zero-order valence-electron chi connectivity index (χ0n) is 7.08. The third-order valence-corrected chi connectivity index (χ3v) is 1.49. The lowest BCUT2D eigenvalue weighted by molar-refractivity contribution is 0.386. The van der Waals surface area contributed by atoms with Crippen LogP contribution in [0.3, 0.4) is 0 Å². The topological polar surface area (TPSA) is 60.4 Å². The van der Waals surface area contributed by atoms with Crippen LogP contribution in [-0.2, 0) is 0 Å². The molecule has 1 heterocycles. The summed E-state index contributed by atoms with van der Waals surface area (Å²) >= 11 is 0. The Morgan fingerprint density at radius 3 is 3.15 bits per heavy atom. The second-order valence-corrected chi connectivity index (χ2v) is 2.30. The highest BCUT2D eigenvalue weighted by Crippen LogP contribution is 2.22. The van der Waals surface area contributed by atoms with Gasteiger partial charge in [0.25, 0.3) is 0 Å². The second kappa shape index (κ2) is 4.42. The van der Waals surface area contributed by atoms with Gasteiger partial charge in [-0.05, 0) is 12.1 Å². The van der Waals surface area contributed by atoms with Crippen molar-refractivity contribution in [3.8, 4) is 0 Å². The quantitative estimate of drug-likeness (QED) is 0.494. The molecule has 0 spiro atoms. The molecule has 70 valence electrons. The molecule has 0 aliphatic rings. The summed E-state index contributed by atoms with van der Waals surface area (Å²) in [6.07, 6.45) is 4.07. The average molecular weight is 183 g/mol. The van der Waals surface area contributed by atoms with Gasteiger partial charge in [-0.25, -0.2) is 4.39 Å². The Hall–Kier alpha value is -1.62. The fourth-order valence-electron chi connectivity index (χ4n) is 0.891. The van der Waals surface area contributed by atoms with Gasteiger partial charge in [-0.3, -0.25) is 15.7 Å². The van der Waals surface area contributed by atoms with E-state index in [1.165, 1.54) is 24.6 Å². The van der Waals surface area contributed by atoms with E-state index in [1.54, 1.807) is 7.05 Å². The van der Waals surface area contributed by atoms with Crippen LogP contribution >= 0.6 is 0 Å². The molecule has 0 aliphatic heterocycles. The molecule has 5 heteroatoms. The molecule has 4 nitrogen and oxygen atoms in total. The largest absolute Gasteiger partial charge is 0.346 e. The highest BCUT2D eigenvalue weighted by Gasteiger charge is 2.06. The Labute approximate surface area is 74.8 Å². The summed E-state index contributed by atoms with van der Waals surface area (Å²) in [4.78, 5) is 6.23. The molecule has 0 saturated carbocycles. The number of aromatic nitrogens is 1.